The average molecular weight is 384 g/mol. The molecule has 0 fully saturated rings. The van der Waals surface area contributed by atoms with Gasteiger partial charge in [0.25, 0.3) is 5.69 Å². The van der Waals surface area contributed by atoms with Crippen LogP contribution in [-0.4, -0.2) is 13.3 Å². The van der Waals surface area contributed by atoms with Gasteiger partial charge in [0.05, 0.1) is 9.82 Å². The van der Waals surface area contributed by atoms with Gasteiger partial charge in [-0.3, -0.25) is 10.1 Å². The van der Waals surface area contributed by atoms with E-state index in [4.69, 9.17) is 4.74 Å². The zero-order valence-corrected chi connectivity index (χ0v) is 14.9. The molecule has 0 spiro atoms. The van der Waals surface area contributed by atoms with Crippen molar-refractivity contribution in [3.05, 3.63) is 94.5 Å². The third-order valence-electron chi connectivity index (χ3n) is 3.70. The molecule has 0 aliphatic heterocycles. The van der Waals surface area contributed by atoms with Gasteiger partial charge in [-0.1, -0.05) is 30.3 Å². The van der Waals surface area contributed by atoms with Gasteiger partial charge >= 0.3 is 0 Å². The molecule has 27 heavy (non-hydrogen) atoms. The standard InChI is InChI=1S/C19H16N2O5S/c22-21(23)16-9-11-19(12-10-16)27(24,25)20-14-15-5-4-8-18(13-15)26-17-6-2-1-3-7-17/h1-13,20H,14H2. The van der Waals surface area contributed by atoms with Crippen molar-refractivity contribution in [3.8, 4) is 11.5 Å². The minimum absolute atomic E-state index is 0.0372. The molecule has 0 unspecified atom stereocenters. The molecule has 0 aliphatic rings. The van der Waals surface area contributed by atoms with E-state index in [1.165, 1.54) is 12.1 Å². The Morgan fingerprint density at radius 1 is 0.889 bits per heavy atom. The van der Waals surface area contributed by atoms with Crippen LogP contribution in [0.25, 0.3) is 0 Å². The van der Waals surface area contributed by atoms with Crippen LogP contribution < -0.4 is 9.46 Å². The summed E-state index contributed by atoms with van der Waals surface area (Å²) in [7, 11) is -3.79. The van der Waals surface area contributed by atoms with Crippen LogP contribution in [0.5, 0.6) is 11.5 Å². The summed E-state index contributed by atoms with van der Waals surface area (Å²) in [6.45, 7) is 0.0608. The average Bonchev–Trinajstić information content (AvgIpc) is 2.68. The molecule has 0 saturated carbocycles. The maximum atomic E-state index is 12.4. The number of nitro groups is 1. The number of rotatable bonds is 7. The van der Waals surface area contributed by atoms with Crippen molar-refractivity contribution < 1.29 is 18.1 Å². The van der Waals surface area contributed by atoms with Crippen molar-refractivity contribution >= 4 is 15.7 Å². The number of hydrogen-bond donors (Lipinski definition) is 1. The maximum Gasteiger partial charge on any atom is 0.269 e. The lowest BCUT2D eigenvalue weighted by molar-refractivity contribution is -0.384. The molecule has 3 aromatic rings. The molecule has 0 atom stereocenters. The smallest absolute Gasteiger partial charge is 0.269 e. The lowest BCUT2D eigenvalue weighted by Gasteiger charge is -2.09. The molecule has 138 valence electrons. The highest BCUT2D eigenvalue weighted by Gasteiger charge is 2.15. The number of ether oxygens (including phenoxy) is 1. The van der Waals surface area contributed by atoms with Gasteiger partial charge in [-0.15, -0.1) is 0 Å². The third-order valence-corrected chi connectivity index (χ3v) is 5.12. The van der Waals surface area contributed by atoms with Crippen LogP contribution in [0.1, 0.15) is 5.56 Å². The van der Waals surface area contributed by atoms with Crippen LogP contribution in [0.2, 0.25) is 0 Å². The molecule has 0 amide bonds. The van der Waals surface area contributed by atoms with Crippen molar-refractivity contribution in [3.63, 3.8) is 0 Å². The number of hydrogen-bond acceptors (Lipinski definition) is 5. The summed E-state index contributed by atoms with van der Waals surface area (Å²) in [5.74, 6) is 1.27. The highest BCUT2D eigenvalue weighted by Crippen LogP contribution is 2.22. The Hall–Kier alpha value is -3.23. The van der Waals surface area contributed by atoms with Gasteiger partial charge in [0.2, 0.25) is 10.0 Å². The van der Waals surface area contributed by atoms with Crippen molar-refractivity contribution in [2.45, 2.75) is 11.4 Å². The van der Waals surface area contributed by atoms with Crippen LogP contribution in [-0.2, 0) is 16.6 Å². The molecule has 8 heteroatoms. The summed E-state index contributed by atoms with van der Waals surface area (Å²) < 4.78 is 32.9. The number of nitro benzene ring substituents is 1. The molecular weight excluding hydrogens is 368 g/mol. The molecular formula is C19H16N2O5S. The van der Waals surface area contributed by atoms with E-state index in [-0.39, 0.29) is 17.1 Å². The van der Waals surface area contributed by atoms with Gasteiger partial charge in [0.1, 0.15) is 11.5 Å². The van der Waals surface area contributed by atoms with Crippen molar-refractivity contribution in [2.24, 2.45) is 0 Å². The normalized spacial score (nSPS) is 11.1. The fourth-order valence-corrected chi connectivity index (χ4v) is 3.37. The van der Waals surface area contributed by atoms with E-state index in [1.54, 1.807) is 24.3 Å². The number of para-hydroxylation sites is 1. The molecule has 0 saturated heterocycles. The summed E-state index contributed by atoms with van der Waals surface area (Å²) in [6.07, 6.45) is 0. The van der Waals surface area contributed by atoms with E-state index in [2.05, 4.69) is 4.72 Å². The largest absolute Gasteiger partial charge is 0.457 e. The zero-order chi connectivity index (χ0) is 19.3. The molecule has 0 bridgehead atoms. The predicted octanol–water partition coefficient (Wildman–Crippen LogP) is 3.87. The first-order chi connectivity index (χ1) is 12.9. The highest BCUT2D eigenvalue weighted by molar-refractivity contribution is 7.89. The van der Waals surface area contributed by atoms with Crippen LogP contribution in [0.15, 0.2) is 83.8 Å². The number of benzene rings is 3. The quantitative estimate of drug-likeness (QED) is 0.492. The molecule has 3 rings (SSSR count). The fraction of sp³-hybridized carbons (Fsp3) is 0.0526. The Labute approximate surface area is 156 Å². The maximum absolute atomic E-state index is 12.4. The van der Waals surface area contributed by atoms with E-state index < -0.39 is 14.9 Å². The second-order valence-corrected chi connectivity index (χ2v) is 7.41. The van der Waals surface area contributed by atoms with Gasteiger partial charge in [0.15, 0.2) is 0 Å². The van der Waals surface area contributed by atoms with Gasteiger partial charge in [-0.25, -0.2) is 13.1 Å². The van der Waals surface area contributed by atoms with Crippen molar-refractivity contribution in [1.29, 1.82) is 0 Å². The summed E-state index contributed by atoms with van der Waals surface area (Å²) in [5, 5.41) is 10.7. The lowest BCUT2D eigenvalue weighted by atomic mass is 10.2. The molecule has 1 N–H and O–H groups in total. The monoisotopic (exact) mass is 384 g/mol. The summed E-state index contributed by atoms with van der Waals surface area (Å²) in [6, 6.07) is 21.0. The van der Waals surface area contributed by atoms with Crippen molar-refractivity contribution in [1.82, 2.24) is 4.72 Å². The van der Waals surface area contributed by atoms with Gasteiger partial charge < -0.3 is 4.74 Å². The van der Waals surface area contributed by atoms with E-state index >= 15 is 0 Å². The summed E-state index contributed by atoms with van der Waals surface area (Å²) >= 11 is 0. The van der Waals surface area contributed by atoms with Crippen LogP contribution >= 0.6 is 0 Å². The first-order valence-electron chi connectivity index (χ1n) is 8.00. The Bertz CT molecular complexity index is 1040. The molecule has 0 aromatic heterocycles. The minimum atomic E-state index is -3.79. The third kappa shape index (κ3) is 4.90. The topological polar surface area (TPSA) is 98.5 Å². The second kappa shape index (κ2) is 7.98. The summed E-state index contributed by atoms with van der Waals surface area (Å²) in [4.78, 5) is 10.0. The molecule has 0 heterocycles. The number of non-ortho nitro benzene ring substituents is 1. The highest BCUT2D eigenvalue weighted by atomic mass is 32.2. The van der Waals surface area contributed by atoms with Gasteiger partial charge in [-0.05, 0) is 42.0 Å². The van der Waals surface area contributed by atoms with Crippen LogP contribution in [0, 0.1) is 10.1 Å². The predicted molar refractivity (Wildman–Crippen MR) is 100 cm³/mol. The zero-order valence-electron chi connectivity index (χ0n) is 14.1. The van der Waals surface area contributed by atoms with Crippen molar-refractivity contribution in [2.75, 3.05) is 0 Å². The Balaban J connectivity index is 1.68. The van der Waals surface area contributed by atoms with Crippen LogP contribution in [0.3, 0.4) is 0 Å². The van der Waals surface area contributed by atoms with Crippen LogP contribution in [0.4, 0.5) is 5.69 Å². The molecule has 3 aromatic carbocycles. The van der Waals surface area contributed by atoms with E-state index in [0.29, 0.717) is 17.1 Å². The molecule has 7 nitrogen and oxygen atoms in total. The first kappa shape index (κ1) is 18.6. The lowest BCUT2D eigenvalue weighted by Crippen LogP contribution is -2.23. The molecule has 0 aliphatic carbocycles. The Morgan fingerprint density at radius 2 is 1.56 bits per heavy atom. The second-order valence-electron chi connectivity index (χ2n) is 5.64. The van der Waals surface area contributed by atoms with E-state index in [9.17, 15) is 18.5 Å². The number of nitrogens with one attached hydrogen (secondary N) is 1. The fourth-order valence-electron chi connectivity index (χ4n) is 2.35. The minimum Gasteiger partial charge on any atom is -0.457 e. The SMILES string of the molecule is O=[N+]([O-])c1ccc(S(=O)(=O)NCc2cccc(Oc3ccccc3)c2)cc1. The molecule has 0 radical (unpaired) electrons. The Morgan fingerprint density at radius 3 is 2.22 bits per heavy atom. The summed E-state index contributed by atoms with van der Waals surface area (Å²) in [5.41, 5.74) is 0.550. The number of nitrogens with zero attached hydrogens (tertiary/aromatic N) is 1. The Kier molecular flexibility index (Phi) is 5.49. The van der Waals surface area contributed by atoms with E-state index in [1.807, 2.05) is 30.3 Å². The van der Waals surface area contributed by atoms with Gasteiger partial charge in [0, 0.05) is 18.7 Å². The first-order valence-corrected chi connectivity index (χ1v) is 9.48. The van der Waals surface area contributed by atoms with Gasteiger partial charge in [-0.2, -0.15) is 0 Å². The number of sulfonamides is 1. The van der Waals surface area contributed by atoms with E-state index in [0.717, 1.165) is 12.1 Å².